The number of hydrogen-bond donors (Lipinski definition) is 7. The minimum absolute atomic E-state index is 0.119. The average molecular weight is 443 g/mol. The number of phenolic OH excluding ortho intramolecular Hbond substituents is 1. The van der Waals surface area contributed by atoms with E-state index in [-0.39, 0.29) is 22.4 Å². The molecule has 0 aliphatic heterocycles. The van der Waals surface area contributed by atoms with Gasteiger partial charge in [-0.3, -0.25) is 14.4 Å². The van der Waals surface area contributed by atoms with E-state index in [1.54, 1.807) is 0 Å². The second-order valence-corrected chi connectivity index (χ2v) is 8.58. The first kappa shape index (κ1) is 21.8. The summed E-state index contributed by atoms with van der Waals surface area (Å²) < 4.78 is 0. The summed E-state index contributed by atoms with van der Waals surface area (Å²) in [6.45, 7) is 3.92. The molecular weight excluding hydrogens is 420 g/mol. The number of phenols is 1. The molecule has 5 atom stereocenters. The molecule has 1 saturated carbocycles. The molecule has 5 unspecified atom stereocenters. The summed E-state index contributed by atoms with van der Waals surface area (Å²) in [4.78, 5) is 39.0. The number of carbonyl (C=O) groups is 3. The summed E-state index contributed by atoms with van der Waals surface area (Å²) in [5.41, 5.74) is 1.25. The van der Waals surface area contributed by atoms with Gasteiger partial charge in [-0.1, -0.05) is 18.7 Å². The van der Waals surface area contributed by atoms with E-state index in [1.165, 1.54) is 32.3 Å². The Morgan fingerprint density at radius 1 is 1.19 bits per heavy atom. The third-order valence-electron chi connectivity index (χ3n) is 6.70. The van der Waals surface area contributed by atoms with E-state index in [0.29, 0.717) is 4.90 Å². The van der Waals surface area contributed by atoms with Gasteiger partial charge in [0.05, 0.1) is 37.3 Å². The number of quaternary nitrogens is 1. The number of nitrogens with one attached hydrogen (secondary N) is 1. The molecule has 0 aromatic heterocycles. The minimum atomic E-state index is -2.92. The van der Waals surface area contributed by atoms with Crippen molar-refractivity contribution in [1.82, 2.24) is 0 Å². The Balaban J connectivity index is 2.08. The molecule has 0 bridgehead atoms. The number of hydrogen-bond acceptors (Lipinski definition) is 8. The van der Waals surface area contributed by atoms with Crippen molar-refractivity contribution < 1.29 is 44.8 Å². The highest BCUT2D eigenvalue weighted by Crippen LogP contribution is 2.54. The van der Waals surface area contributed by atoms with Gasteiger partial charge in [0.2, 0.25) is 11.6 Å². The van der Waals surface area contributed by atoms with Gasteiger partial charge in [0, 0.05) is 5.92 Å². The standard InChI is InChI=1S/C22H22N2O8/c1-7-8-5-4-6-9(25)11(8)16(26)12-10(7)17(27)14-15(24(2)3)18(28)13(21(23)31)20(30)22(14,32)19(12)29/h4-6,10,14-15,17,25-27,30,32H,1H2,2-3H3,(H2,23,31)/p+1. The summed E-state index contributed by atoms with van der Waals surface area (Å²) in [5, 5.41) is 54.7. The molecule has 10 nitrogen and oxygen atoms in total. The molecule has 1 amide bonds. The van der Waals surface area contributed by atoms with Crippen molar-refractivity contribution in [2.75, 3.05) is 14.1 Å². The predicted molar refractivity (Wildman–Crippen MR) is 110 cm³/mol. The molecule has 8 N–H and O–H groups in total. The Morgan fingerprint density at radius 3 is 2.38 bits per heavy atom. The number of primary amides is 1. The summed E-state index contributed by atoms with van der Waals surface area (Å²) >= 11 is 0. The van der Waals surface area contributed by atoms with Crippen LogP contribution in [-0.4, -0.2) is 74.8 Å². The maximum atomic E-state index is 13.6. The van der Waals surface area contributed by atoms with Gasteiger partial charge in [0.1, 0.15) is 22.8 Å². The summed E-state index contributed by atoms with van der Waals surface area (Å²) in [5.74, 6) is -8.64. The zero-order chi connectivity index (χ0) is 23.9. The molecule has 168 valence electrons. The zero-order valence-corrected chi connectivity index (χ0v) is 17.3. The van der Waals surface area contributed by atoms with Crippen LogP contribution in [0.2, 0.25) is 0 Å². The molecule has 0 radical (unpaired) electrons. The van der Waals surface area contributed by atoms with Crippen molar-refractivity contribution >= 4 is 28.8 Å². The molecular formula is C22H23N2O8+. The predicted octanol–water partition coefficient (Wildman–Crippen LogP) is -2.01. The molecule has 3 aliphatic rings. The van der Waals surface area contributed by atoms with Crippen LogP contribution in [0, 0.1) is 11.8 Å². The zero-order valence-electron chi connectivity index (χ0n) is 17.3. The van der Waals surface area contributed by atoms with Crippen LogP contribution >= 0.6 is 0 Å². The number of Topliss-reactive ketones (excluding diaryl/α,β-unsaturated/α-hetero) is 2. The first-order chi connectivity index (χ1) is 14.9. The lowest BCUT2D eigenvalue weighted by Gasteiger charge is -2.51. The van der Waals surface area contributed by atoms with Gasteiger partial charge < -0.3 is 36.2 Å². The normalized spacial score (nSPS) is 32.1. The van der Waals surface area contributed by atoms with E-state index in [4.69, 9.17) is 5.73 Å². The fourth-order valence-electron chi connectivity index (χ4n) is 5.31. The molecule has 3 aliphatic carbocycles. The molecule has 1 aromatic carbocycles. The van der Waals surface area contributed by atoms with Gasteiger partial charge in [-0.15, -0.1) is 0 Å². The Morgan fingerprint density at radius 2 is 1.81 bits per heavy atom. The SMILES string of the molecule is C=C1c2cccc(O)c2C(O)=C2C(=O)C3(O)C(O)=C(C(N)=O)C(=O)C([NH+](C)C)C3C(O)C12. The Kier molecular flexibility index (Phi) is 4.60. The minimum Gasteiger partial charge on any atom is -0.508 e. The highest BCUT2D eigenvalue weighted by Gasteiger charge is 2.69. The Bertz CT molecular complexity index is 1180. The molecule has 1 fully saturated rings. The number of amides is 1. The number of nitrogens with two attached hydrogens (primary N) is 1. The van der Waals surface area contributed by atoms with E-state index in [2.05, 4.69) is 6.58 Å². The monoisotopic (exact) mass is 443 g/mol. The number of aromatic hydroxyl groups is 1. The molecule has 1 aromatic rings. The van der Waals surface area contributed by atoms with Gasteiger partial charge >= 0.3 is 0 Å². The number of fused-ring (bicyclic) bond motifs is 3. The number of aliphatic hydroxyl groups is 4. The van der Waals surface area contributed by atoms with Crippen molar-refractivity contribution in [1.29, 1.82) is 0 Å². The molecule has 0 spiro atoms. The number of ketones is 2. The Hall–Kier alpha value is -3.47. The maximum Gasteiger partial charge on any atom is 0.256 e. The highest BCUT2D eigenvalue weighted by molar-refractivity contribution is 6.24. The molecule has 10 heteroatoms. The highest BCUT2D eigenvalue weighted by atomic mass is 16.4. The van der Waals surface area contributed by atoms with Crippen LogP contribution in [0.1, 0.15) is 11.1 Å². The van der Waals surface area contributed by atoms with Crippen LogP contribution in [0.4, 0.5) is 0 Å². The van der Waals surface area contributed by atoms with Crippen molar-refractivity contribution in [3.8, 4) is 5.75 Å². The second kappa shape index (κ2) is 6.76. The number of aliphatic hydroxyl groups excluding tert-OH is 3. The summed E-state index contributed by atoms with van der Waals surface area (Å²) in [7, 11) is 3.04. The van der Waals surface area contributed by atoms with Crippen molar-refractivity contribution in [2.45, 2.75) is 17.7 Å². The first-order valence-electron chi connectivity index (χ1n) is 9.84. The lowest BCUT2D eigenvalue weighted by Crippen LogP contribution is -3.13. The third kappa shape index (κ3) is 2.42. The Labute approximate surface area is 182 Å². The van der Waals surface area contributed by atoms with Gasteiger partial charge in [0.15, 0.2) is 11.6 Å². The number of benzene rings is 1. The fourth-order valence-corrected chi connectivity index (χ4v) is 5.31. The quantitative estimate of drug-likeness (QED) is 0.256. The molecule has 4 rings (SSSR count). The number of likely N-dealkylation sites (N-methyl/N-ethyl adjacent to an activating group) is 1. The van der Waals surface area contributed by atoms with Crippen molar-refractivity contribution in [3.05, 3.63) is 52.8 Å². The maximum absolute atomic E-state index is 13.6. The van der Waals surface area contributed by atoms with Gasteiger partial charge in [-0.2, -0.15) is 0 Å². The van der Waals surface area contributed by atoms with E-state index in [0.717, 1.165) is 0 Å². The topological polar surface area (TPSA) is 183 Å². The largest absolute Gasteiger partial charge is 0.508 e. The van der Waals surface area contributed by atoms with Gasteiger partial charge in [0.25, 0.3) is 5.91 Å². The fraction of sp³-hybridized carbons (Fsp3) is 0.318. The van der Waals surface area contributed by atoms with Gasteiger partial charge in [-0.05, 0) is 17.2 Å². The summed E-state index contributed by atoms with van der Waals surface area (Å²) in [6.07, 6.45) is -1.67. The van der Waals surface area contributed by atoms with Crippen LogP contribution in [0.15, 0.2) is 41.7 Å². The van der Waals surface area contributed by atoms with E-state index < -0.39 is 69.7 Å². The van der Waals surface area contributed by atoms with E-state index in [9.17, 15) is 39.9 Å². The number of carbonyl (C=O) groups excluding carboxylic acids is 3. The lowest BCUT2D eigenvalue weighted by atomic mass is 9.55. The van der Waals surface area contributed by atoms with Crippen LogP contribution in [0.3, 0.4) is 0 Å². The first-order valence-corrected chi connectivity index (χ1v) is 9.84. The van der Waals surface area contributed by atoms with Crippen LogP contribution in [-0.2, 0) is 14.4 Å². The smallest absolute Gasteiger partial charge is 0.256 e. The molecule has 0 heterocycles. The molecule has 32 heavy (non-hydrogen) atoms. The van der Waals surface area contributed by atoms with Crippen molar-refractivity contribution in [2.24, 2.45) is 17.6 Å². The summed E-state index contributed by atoms with van der Waals surface area (Å²) in [6, 6.07) is 2.98. The van der Waals surface area contributed by atoms with E-state index in [1.807, 2.05) is 0 Å². The number of rotatable bonds is 2. The van der Waals surface area contributed by atoms with E-state index >= 15 is 0 Å². The third-order valence-corrected chi connectivity index (χ3v) is 6.70. The van der Waals surface area contributed by atoms with Crippen LogP contribution in [0.5, 0.6) is 5.75 Å². The molecule has 0 saturated heterocycles. The van der Waals surface area contributed by atoms with Crippen LogP contribution < -0.4 is 10.6 Å². The second-order valence-electron chi connectivity index (χ2n) is 8.58. The van der Waals surface area contributed by atoms with Gasteiger partial charge in [-0.25, -0.2) is 0 Å². The average Bonchev–Trinajstić information content (AvgIpc) is 2.70. The lowest BCUT2D eigenvalue weighted by molar-refractivity contribution is -0.881. The van der Waals surface area contributed by atoms with Crippen LogP contribution in [0.25, 0.3) is 11.3 Å². The van der Waals surface area contributed by atoms with Crippen molar-refractivity contribution in [3.63, 3.8) is 0 Å².